The number of Topliss-reactive ketones (excluding diaryl/α,β-unsaturated/α-hetero) is 2. The average molecular weight is 319 g/mol. The lowest BCUT2D eigenvalue weighted by molar-refractivity contribution is -0.115. The first kappa shape index (κ1) is 19.9. The third kappa shape index (κ3) is 7.28. The summed E-state index contributed by atoms with van der Waals surface area (Å²) in [6.45, 7) is 6.48. The molecule has 130 valence electrons. The molecule has 2 rings (SSSR count). The van der Waals surface area contributed by atoms with Gasteiger partial charge in [0.2, 0.25) is 0 Å². The van der Waals surface area contributed by atoms with Crippen molar-refractivity contribution in [2.75, 3.05) is 0 Å². The molecule has 2 nitrogen and oxygen atoms in total. The molecule has 0 atom stereocenters. The summed E-state index contributed by atoms with van der Waals surface area (Å²) in [5.41, 5.74) is 3.58. The fourth-order valence-electron chi connectivity index (χ4n) is 3.20. The Labute approximate surface area is 142 Å². The molecular formula is C21H34O2. The van der Waals surface area contributed by atoms with E-state index in [0.717, 1.165) is 49.7 Å². The van der Waals surface area contributed by atoms with Crippen LogP contribution in [0.25, 0.3) is 0 Å². The Morgan fingerprint density at radius 3 is 1.96 bits per heavy atom. The molecule has 0 aromatic carbocycles. The van der Waals surface area contributed by atoms with Gasteiger partial charge in [0.25, 0.3) is 0 Å². The van der Waals surface area contributed by atoms with E-state index in [0.29, 0.717) is 11.6 Å². The Kier molecular flexibility index (Phi) is 9.82. The molecule has 0 saturated carbocycles. The number of ketones is 2. The van der Waals surface area contributed by atoms with Gasteiger partial charge >= 0.3 is 0 Å². The average Bonchev–Trinajstić information content (AvgIpc) is 3.08. The van der Waals surface area contributed by atoms with Crippen LogP contribution >= 0.6 is 0 Å². The summed E-state index contributed by atoms with van der Waals surface area (Å²) in [6, 6.07) is 0. The van der Waals surface area contributed by atoms with Crippen LogP contribution < -0.4 is 0 Å². The smallest absolute Gasteiger partial charge is 0.159 e. The number of hydrogen-bond donors (Lipinski definition) is 0. The van der Waals surface area contributed by atoms with Crippen molar-refractivity contribution in [2.24, 2.45) is 0 Å². The number of hydrogen-bond acceptors (Lipinski definition) is 2. The van der Waals surface area contributed by atoms with Crippen LogP contribution in [0.1, 0.15) is 97.8 Å². The fraction of sp³-hybridized carbons (Fsp3) is 0.714. The summed E-state index contributed by atoms with van der Waals surface area (Å²) >= 11 is 0. The van der Waals surface area contributed by atoms with Crippen molar-refractivity contribution < 1.29 is 9.59 Å². The van der Waals surface area contributed by atoms with E-state index in [9.17, 15) is 9.59 Å². The van der Waals surface area contributed by atoms with Gasteiger partial charge in [-0.3, -0.25) is 9.59 Å². The predicted molar refractivity (Wildman–Crippen MR) is 97.5 cm³/mol. The van der Waals surface area contributed by atoms with Crippen molar-refractivity contribution in [3.8, 4) is 0 Å². The van der Waals surface area contributed by atoms with Gasteiger partial charge in [-0.25, -0.2) is 0 Å². The minimum Gasteiger partial charge on any atom is -0.295 e. The van der Waals surface area contributed by atoms with Crippen LogP contribution in [-0.2, 0) is 9.59 Å². The summed E-state index contributed by atoms with van der Waals surface area (Å²) in [6.07, 6.45) is 15.1. The number of unbranched alkanes of at least 4 members (excludes halogenated alkanes) is 4. The zero-order valence-electron chi connectivity index (χ0n) is 15.4. The van der Waals surface area contributed by atoms with E-state index < -0.39 is 0 Å². The third-order valence-corrected chi connectivity index (χ3v) is 4.78. The van der Waals surface area contributed by atoms with Crippen LogP contribution in [0.4, 0.5) is 0 Å². The van der Waals surface area contributed by atoms with Crippen LogP contribution in [0.3, 0.4) is 0 Å². The van der Waals surface area contributed by atoms with Crippen molar-refractivity contribution in [2.45, 2.75) is 97.8 Å². The lowest BCUT2D eigenvalue weighted by Gasteiger charge is -2.00. The Morgan fingerprint density at radius 1 is 0.826 bits per heavy atom. The maximum absolute atomic E-state index is 11.3. The molecule has 0 bridgehead atoms. The van der Waals surface area contributed by atoms with Crippen LogP contribution in [0.5, 0.6) is 0 Å². The van der Waals surface area contributed by atoms with E-state index in [-0.39, 0.29) is 0 Å². The lowest BCUT2D eigenvalue weighted by atomic mass is 10.0. The van der Waals surface area contributed by atoms with Crippen LogP contribution in [0.15, 0.2) is 22.8 Å². The monoisotopic (exact) mass is 318 g/mol. The minimum absolute atomic E-state index is 0.390. The Hall–Kier alpha value is -1.18. The highest BCUT2D eigenvalue weighted by atomic mass is 16.1. The first-order valence-corrected chi connectivity index (χ1v) is 9.54. The van der Waals surface area contributed by atoms with Crippen LogP contribution in [0.2, 0.25) is 0 Å². The second-order valence-electron chi connectivity index (χ2n) is 6.79. The van der Waals surface area contributed by atoms with Crippen molar-refractivity contribution in [3.63, 3.8) is 0 Å². The highest BCUT2D eigenvalue weighted by Gasteiger charge is 2.18. The van der Waals surface area contributed by atoms with E-state index >= 15 is 0 Å². The zero-order chi connectivity index (χ0) is 17.1. The summed E-state index contributed by atoms with van der Waals surface area (Å²) < 4.78 is 0. The SMILES string of the molecule is CCCCCC1=C(C)CCC1=O.CCCCCC1=CCCC1=O. The number of carbonyl (C=O) groups is 2. The van der Waals surface area contributed by atoms with Gasteiger partial charge in [-0.2, -0.15) is 0 Å². The van der Waals surface area contributed by atoms with Gasteiger partial charge in [-0.1, -0.05) is 51.2 Å². The van der Waals surface area contributed by atoms with Crippen molar-refractivity contribution in [1.29, 1.82) is 0 Å². The topological polar surface area (TPSA) is 34.1 Å². The molecule has 0 unspecified atom stereocenters. The number of carbonyl (C=O) groups excluding carboxylic acids is 2. The van der Waals surface area contributed by atoms with Gasteiger partial charge in [0.15, 0.2) is 11.6 Å². The quantitative estimate of drug-likeness (QED) is 0.506. The van der Waals surface area contributed by atoms with Crippen LogP contribution in [0, 0.1) is 0 Å². The molecule has 0 heterocycles. The van der Waals surface area contributed by atoms with Crippen molar-refractivity contribution in [3.05, 3.63) is 22.8 Å². The Balaban J connectivity index is 0.000000231. The molecular weight excluding hydrogens is 284 g/mol. The zero-order valence-corrected chi connectivity index (χ0v) is 15.4. The Morgan fingerprint density at radius 2 is 1.48 bits per heavy atom. The van der Waals surface area contributed by atoms with Gasteiger partial charge in [0.05, 0.1) is 0 Å². The maximum atomic E-state index is 11.3. The highest BCUT2D eigenvalue weighted by molar-refractivity contribution is 5.98. The third-order valence-electron chi connectivity index (χ3n) is 4.78. The van der Waals surface area contributed by atoms with E-state index in [2.05, 4.69) is 26.8 Å². The summed E-state index contributed by atoms with van der Waals surface area (Å²) in [5, 5.41) is 0. The molecule has 0 radical (unpaired) electrons. The standard InChI is InChI=1S/C11H18O.C10H16O/c1-3-4-5-6-10-9(2)7-8-11(10)12;1-2-3-4-6-9-7-5-8-10(9)11/h3-8H2,1-2H3;7H,2-6,8H2,1H3. The largest absolute Gasteiger partial charge is 0.295 e. The van der Waals surface area contributed by atoms with Gasteiger partial charge < -0.3 is 0 Å². The molecule has 0 fully saturated rings. The van der Waals surface area contributed by atoms with E-state index in [1.54, 1.807) is 0 Å². The Bertz CT molecular complexity index is 454. The van der Waals surface area contributed by atoms with E-state index in [1.165, 1.54) is 44.1 Å². The van der Waals surface area contributed by atoms with Crippen LogP contribution in [-0.4, -0.2) is 11.6 Å². The van der Waals surface area contributed by atoms with Gasteiger partial charge in [0.1, 0.15) is 0 Å². The number of rotatable bonds is 8. The maximum Gasteiger partial charge on any atom is 0.159 e. The molecule has 0 aliphatic heterocycles. The first-order valence-electron chi connectivity index (χ1n) is 9.54. The molecule has 0 spiro atoms. The molecule has 0 aromatic heterocycles. The lowest BCUT2D eigenvalue weighted by Crippen LogP contribution is -1.96. The van der Waals surface area contributed by atoms with E-state index in [4.69, 9.17) is 0 Å². The predicted octanol–water partition coefficient (Wildman–Crippen LogP) is 6.10. The molecule has 2 heteroatoms. The normalized spacial score (nSPS) is 17.4. The number of allylic oxidation sites excluding steroid dienone is 4. The summed E-state index contributed by atoms with van der Waals surface area (Å²) in [4.78, 5) is 22.4. The molecule has 23 heavy (non-hydrogen) atoms. The molecule has 2 aliphatic carbocycles. The molecule has 0 saturated heterocycles. The van der Waals surface area contributed by atoms with Crippen molar-refractivity contribution in [1.82, 2.24) is 0 Å². The molecule has 2 aliphatic rings. The fourth-order valence-corrected chi connectivity index (χ4v) is 3.20. The van der Waals surface area contributed by atoms with Crippen molar-refractivity contribution >= 4 is 11.6 Å². The second kappa shape index (κ2) is 11.4. The minimum atomic E-state index is 0.390. The van der Waals surface area contributed by atoms with Gasteiger partial charge in [-0.15, -0.1) is 0 Å². The van der Waals surface area contributed by atoms with Gasteiger partial charge in [-0.05, 0) is 56.6 Å². The van der Waals surface area contributed by atoms with E-state index in [1.807, 2.05) is 0 Å². The molecule has 0 amide bonds. The highest BCUT2D eigenvalue weighted by Crippen LogP contribution is 2.26. The molecule has 0 aromatic rings. The summed E-state index contributed by atoms with van der Waals surface area (Å²) in [5.74, 6) is 0.796. The molecule has 0 N–H and O–H groups in total. The second-order valence-corrected chi connectivity index (χ2v) is 6.79. The first-order chi connectivity index (χ1) is 11.1. The van der Waals surface area contributed by atoms with Gasteiger partial charge in [0, 0.05) is 12.8 Å². The summed E-state index contributed by atoms with van der Waals surface area (Å²) in [7, 11) is 0.